The van der Waals surface area contributed by atoms with E-state index in [4.69, 9.17) is 0 Å². The molecule has 1 atom stereocenters. The molecule has 2 heteroatoms. The summed E-state index contributed by atoms with van der Waals surface area (Å²) in [6.07, 6.45) is 3.91. The van der Waals surface area contributed by atoms with Crippen LogP contribution in [0.2, 0.25) is 0 Å². The molecule has 0 heterocycles. The average Bonchev–Trinajstić information content (AvgIpc) is 2.54. The van der Waals surface area contributed by atoms with Crippen LogP contribution in [0.1, 0.15) is 51.2 Å². The molecule has 0 saturated carbocycles. The van der Waals surface area contributed by atoms with Gasteiger partial charge in [-0.1, -0.05) is 56.3 Å². The summed E-state index contributed by atoms with van der Waals surface area (Å²) in [7, 11) is 0. The third-order valence-corrected chi connectivity index (χ3v) is 4.21. The molecule has 22 heavy (non-hydrogen) atoms. The van der Waals surface area contributed by atoms with Crippen LogP contribution >= 0.6 is 0 Å². The summed E-state index contributed by atoms with van der Waals surface area (Å²) in [4.78, 5) is 2.51. The number of aliphatic hydroxyl groups excluding tert-OH is 1. The number of aliphatic hydroxyl groups is 1. The summed E-state index contributed by atoms with van der Waals surface area (Å²) in [5.74, 6) is 0. The van der Waals surface area contributed by atoms with Gasteiger partial charge in [-0.2, -0.15) is 0 Å². The minimum Gasteiger partial charge on any atom is -0.388 e. The van der Waals surface area contributed by atoms with E-state index in [9.17, 15) is 5.11 Å². The lowest BCUT2D eigenvalue weighted by molar-refractivity contribution is 0.156. The Morgan fingerprint density at radius 2 is 1.59 bits per heavy atom. The predicted molar refractivity (Wildman–Crippen MR) is 95.2 cm³/mol. The average molecular weight is 299 g/mol. The van der Waals surface area contributed by atoms with Crippen LogP contribution in [0, 0.1) is 0 Å². The van der Waals surface area contributed by atoms with Crippen LogP contribution in [0.15, 0.2) is 42.5 Å². The Morgan fingerprint density at radius 1 is 0.909 bits per heavy atom. The first-order valence-corrected chi connectivity index (χ1v) is 8.64. The molecule has 1 N–H and O–H groups in total. The van der Waals surface area contributed by atoms with E-state index in [1.165, 1.54) is 23.6 Å². The highest BCUT2D eigenvalue weighted by molar-refractivity contribution is 5.85. The van der Waals surface area contributed by atoms with E-state index in [0.29, 0.717) is 0 Å². The Kier molecular flexibility index (Phi) is 6.88. The van der Waals surface area contributed by atoms with Crippen molar-refractivity contribution >= 4 is 10.8 Å². The number of rotatable bonds is 9. The van der Waals surface area contributed by atoms with Crippen LogP contribution in [-0.4, -0.2) is 29.6 Å². The van der Waals surface area contributed by atoms with Gasteiger partial charge in [0.1, 0.15) is 0 Å². The van der Waals surface area contributed by atoms with Gasteiger partial charge in [0.05, 0.1) is 6.10 Å². The Balaban J connectivity index is 1.95. The first-order chi connectivity index (χ1) is 10.8. The number of hydrogen-bond acceptors (Lipinski definition) is 2. The molecule has 0 fully saturated rings. The van der Waals surface area contributed by atoms with E-state index in [1.54, 1.807) is 0 Å². The molecule has 0 bridgehead atoms. The second-order valence-corrected chi connectivity index (χ2v) is 6.07. The highest BCUT2D eigenvalue weighted by Crippen LogP contribution is 2.27. The second kappa shape index (κ2) is 8.92. The molecule has 0 aromatic heterocycles. The molecular weight excluding hydrogens is 270 g/mol. The minimum absolute atomic E-state index is 0.365. The largest absolute Gasteiger partial charge is 0.388 e. The van der Waals surface area contributed by atoms with Crippen LogP contribution in [0.3, 0.4) is 0 Å². The summed E-state index contributed by atoms with van der Waals surface area (Å²) in [5, 5.41) is 13.0. The minimum atomic E-state index is -0.365. The molecule has 0 amide bonds. The Hall–Kier alpha value is -1.38. The van der Waals surface area contributed by atoms with Crippen LogP contribution in [0.25, 0.3) is 10.8 Å². The van der Waals surface area contributed by atoms with Gasteiger partial charge < -0.3 is 10.0 Å². The molecule has 0 aliphatic rings. The van der Waals surface area contributed by atoms with Crippen molar-refractivity contribution in [3.63, 3.8) is 0 Å². The van der Waals surface area contributed by atoms with E-state index >= 15 is 0 Å². The van der Waals surface area contributed by atoms with E-state index in [1.807, 2.05) is 18.2 Å². The molecule has 2 aromatic carbocycles. The predicted octanol–water partition coefficient (Wildman–Crippen LogP) is 4.78. The van der Waals surface area contributed by atoms with Crippen LogP contribution in [0.5, 0.6) is 0 Å². The quantitative estimate of drug-likeness (QED) is 0.720. The first-order valence-electron chi connectivity index (χ1n) is 8.64. The van der Waals surface area contributed by atoms with Gasteiger partial charge in [-0.3, -0.25) is 0 Å². The number of fused-ring (bicyclic) bond motifs is 1. The zero-order chi connectivity index (χ0) is 15.8. The molecule has 2 rings (SSSR count). The molecule has 2 aromatic rings. The molecule has 0 spiro atoms. The molecule has 0 unspecified atom stereocenters. The Labute approximate surface area is 134 Å². The van der Waals surface area contributed by atoms with E-state index in [-0.39, 0.29) is 6.10 Å². The van der Waals surface area contributed by atoms with Gasteiger partial charge in [0.2, 0.25) is 0 Å². The molecule has 0 radical (unpaired) electrons. The third kappa shape index (κ3) is 4.56. The molecular formula is C20H29NO. The second-order valence-electron chi connectivity index (χ2n) is 6.07. The maximum absolute atomic E-state index is 10.6. The molecule has 0 aliphatic heterocycles. The fourth-order valence-electron chi connectivity index (χ4n) is 3.17. The summed E-state index contributed by atoms with van der Waals surface area (Å²) in [6.45, 7) is 7.88. The Bertz CT molecular complexity index is 555. The Morgan fingerprint density at radius 3 is 2.32 bits per heavy atom. The van der Waals surface area contributed by atoms with E-state index in [2.05, 4.69) is 43.0 Å². The number of nitrogens with zero attached hydrogens (tertiary/aromatic N) is 1. The zero-order valence-electron chi connectivity index (χ0n) is 14.0. The highest BCUT2D eigenvalue weighted by atomic mass is 16.3. The first kappa shape index (κ1) is 17.0. The van der Waals surface area contributed by atoms with Crippen molar-refractivity contribution in [1.82, 2.24) is 4.90 Å². The third-order valence-electron chi connectivity index (χ3n) is 4.21. The summed E-state index contributed by atoms with van der Waals surface area (Å²) >= 11 is 0. The van der Waals surface area contributed by atoms with E-state index < -0.39 is 0 Å². The van der Waals surface area contributed by atoms with Crippen LogP contribution in [-0.2, 0) is 0 Å². The van der Waals surface area contributed by atoms with Crippen molar-refractivity contribution in [3.8, 4) is 0 Å². The van der Waals surface area contributed by atoms with Gasteiger partial charge in [-0.25, -0.2) is 0 Å². The molecule has 0 aliphatic carbocycles. The van der Waals surface area contributed by atoms with Crippen LogP contribution < -0.4 is 0 Å². The van der Waals surface area contributed by atoms with Crippen molar-refractivity contribution in [3.05, 3.63) is 48.0 Å². The summed E-state index contributed by atoms with van der Waals surface area (Å²) < 4.78 is 0. The van der Waals surface area contributed by atoms with Crippen molar-refractivity contribution in [2.45, 2.75) is 45.6 Å². The fraction of sp³-hybridized carbons (Fsp3) is 0.500. The molecule has 2 nitrogen and oxygen atoms in total. The lowest BCUT2D eigenvalue weighted by Gasteiger charge is -2.22. The van der Waals surface area contributed by atoms with Crippen molar-refractivity contribution < 1.29 is 5.11 Å². The molecule has 0 saturated heterocycles. The SMILES string of the molecule is CCCN(CCC)CCC[C@@H](O)c1cccc2ccccc12. The van der Waals surface area contributed by atoms with Gasteiger partial charge in [0, 0.05) is 0 Å². The van der Waals surface area contributed by atoms with E-state index in [0.717, 1.165) is 38.0 Å². The number of hydrogen-bond donors (Lipinski definition) is 1. The summed E-state index contributed by atoms with van der Waals surface area (Å²) in [6, 6.07) is 14.5. The van der Waals surface area contributed by atoms with Gasteiger partial charge in [0.25, 0.3) is 0 Å². The molecule has 120 valence electrons. The normalized spacial score (nSPS) is 12.9. The zero-order valence-corrected chi connectivity index (χ0v) is 14.0. The van der Waals surface area contributed by atoms with Crippen LogP contribution in [0.4, 0.5) is 0 Å². The maximum Gasteiger partial charge on any atom is 0.0796 e. The lowest BCUT2D eigenvalue weighted by Crippen LogP contribution is -2.26. The lowest BCUT2D eigenvalue weighted by atomic mass is 9.98. The van der Waals surface area contributed by atoms with Gasteiger partial charge in [-0.15, -0.1) is 0 Å². The van der Waals surface area contributed by atoms with Crippen molar-refractivity contribution in [1.29, 1.82) is 0 Å². The monoisotopic (exact) mass is 299 g/mol. The van der Waals surface area contributed by atoms with Gasteiger partial charge >= 0.3 is 0 Å². The van der Waals surface area contributed by atoms with Gasteiger partial charge in [-0.05, 0) is 61.7 Å². The highest BCUT2D eigenvalue weighted by Gasteiger charge is 2.11. The number of benzene rings is 2. The fourth-order valence-corrected chi connectivity index (χ4v) is 3.17. The topological polar surface area (TPSA) is 23.5 Å². The standard InChI is InChI=1S/C20H29NO/c1-3-14-21(15-4-2)16-8-13-20(22)19-12-7-10-17-9-5-6-11-18(17)19/h5-7,9-12,20,22H,3-4,8,13-16H2,1-2H3/t20-/m1/s1. The smallest absolute Gasteiger partial charge is 0.0796 e. The summed E-state index contributed by atoms with van der Waals surface area (Å²) in [5.41, 5.74) is 1.07. The van der Waals surface area contributed by atoms with Crippen molar-refractivity contribution in [2.24, 2.45) is 0 Å². The van der Waals surface area contributed by atoms with Crippen molar-refractivity contribution in [2.75, 3.05) is 19.6 Å². The maximum atomic E-state index is 10.6. The van der Waals surface area contributed by atoms with Gasteiger partial charge in [0.15, 0.2) is 0 Å².